The number of aliphatic carboxylic acids is 1. The fourth-order valence-corrected chi connectivity index (χ4v) is 2.08. The largest absolute Gasteiger partial charge is 0.485 e. The molecule has 0 amide bonds. The summed E-state index contributed by atoms with van der Waals surface area (Å²) >= 11 is 5.88. The van der Waals surface area contributed by atoms with E-state index in [1.54, 1.807) is 24.3 Å². The maximum atomic E-state index is 10.9. The number of benzene rings is 1. The number of carboxylic acid groups (broad SMARTS) is 1. The van der Waals surface area contributed by atoms with Crippen LogP contribution in [0.15, 0.2) is 24.3 Å². The molecule has 1 atom stereocenters. The number of ether oxygens (including phenoxy) is 1. The van der Waals surface area contributed by atoms with Crippen LogP contribution >= 0.6 is 11.6 Å². The maximum Gasteiger partial charge on any atom is 0.305 e. The quantitative estimate of drug-likeness (QED) is 0.844. The lowest BCUT2D eigenvalue weighted by atomic mass is 10.1. The molecule has 0 aliphatic rings. The number of carboxylic acids is 1. The first-order valence-electron chi connectivity index (χ1n) is 6.47. The molecule has 1 N–H and O–H groups in total. The van der Waals surface area contributed by atoms with Gasteiger partial charge in [-0.3, -0.25) is 4.79 Å². The second-order valence-electron chi connectivity index (χ2n) is 4.45. The third-order valence-electron chi connectivity index (χ3n) is 2.95. The van der Waals surface area contributed by atoms with Crippen LogP contribution in [0.4, 0.5) is 0 Å². The summed E-state index contributed by atoms with van der Waals surface area (Å²) in [4.78, 5) is 10.9. The lowest BCUT2D eigenvalue weighted by molar-refractivity contribution is -0.138. The summed E-state index contributed by atoms with van der Waals surface area (Å²) in [6.45, 7) is 2.03. The van der Waals surface area contributed by atoms with Gasteiger partial charge in [0.05, 0.1) is 12.5 Å². The molecule has 1 aromatic carbocycles. The van der Waals surface area contributed by atoms with Gasteiger partial charge in [-0.25, -0.2) is 4.68 Å². The minimum atomic E-state index is -0.890. The molecule has 21 heavy (non-hydrogen) atoms. The van der Waals surface area contributed by atoms with Crippen LogP contribution in [0.5, 0.6) is 5.75 Å². The van der Waals surface area contributed by atoms with Gasteiger partial charge in [0, 0.05) is 5.02 Å². The zero-order chi connectivity index (χ0) is 15.2. The van der Waals surface area contributed by atoms with Gasteiger partial charge in [-0.15, -0.1) is 5.10 Å². The number of tetrazole rings is 1. The molecule has 0 aliphatic heterocycles. The smallest absolute Gasteiger partial charge is 0.305 e. The van der Waals surface area contributed by atoms with Crippen molar-refractivity contribution in [1.82, 2.24) is 20.2 Å². The average molecular weight is 311 g/mol. The molecule has 2 rings (SSSR count). The first kappa shape index (κ1) is 15.2. The zero-order valence-electron chi connectivity index (χ0n) is 11.4. The Balaban J connectivity index is 2.07. The van der Waals surface area contributed by atoms with Crippen LogP contribution in [-0.2, 0) is 11.4 Å². The fourth-order valence-electron chi connectivity index (χ4n) is 1.90. The van der Waals surface area contributed by atoms with E-state index in [0.29, 0.717) is 23.0 Å². The molecule has 1 heterocycles. The highest BCUT2D eigenvalue weighted by molar-refractivity contribution is 6.30. The fraction of sp³-hybridized carbons (Fsp3) is 0.385. The van der Waals surface area contributed by atoms with Crippen LogP contribution in [0.25, 0.3) is 0 Å². The van der Waals surface area contributed by atoms with Crippen molar-refractivity contribution in [2.75, 3.05) is 0 Å². The molecule has 7 nitrogen and oxygen atoms in total. The number of hydrogen-bond acceptors (Lipinski definition) is 5. The van der Waals surface area contributed by atoms with Gasteiger partial charge in [0.2, 0.25) is 0 Å². The first-order chi connectivity index (χ1) is 10.1. The van der Waals surface area contributed by atoms with Crippen molar-refractivity contribution in [1.29, 1.82) is 0 Å². The molecule has 0 radical (unpaired) electrons. The van der Waals surface area contributed by atoms with Crippen molar-refractivity contribution in [2.24, 2.45) is 0 Å². The molecule has 0 spiro atoms. The Morgan fingerprint density at radius 2 is 2.33 bits per heavy atom. The molecule has 0 fully saturated rings. The summed E-state index contributed by atoms with van der Waals surface area (Å²) in [5, 5.41) is 20.8. The van der Waals surface area contributed by atoms with Crippen LogP contribution in [-0.4, -0.2) is 31.3 Å². The van der Waals surface area contributed by atoms with Crippen molar-refractivity contribution in [3.8, 4) is 5.75 Å². The van der Waals surface area contributed by atoms with Crippen LogP contribution < -0.4 is 4.74 Å². The normalized spacial score (nSPS) is 12.1. The van der Waals surface area contributed by atoms with E-state index in [0.717, 1.165) is 0 Å². The van der Waals surface area contributed by atoms with Gasteiger partial charge in [0.1, 0.15) is 12.4 Å². The first-order valence-corrected chi connectivity index (χ1v) is 6.84. The van der Waals surface area contributed by atoms with E-state index in [2.05, 4.69) is 15.5 Å². The van der Waals surface area contributed by atoms with Crippen LogP contribution in [0, 0.1) is 0 Å². The minimum Gasteiger partial charge on any atom is -0.485 e. The zero-order valence-corrected chi connectivity index (χ0v) is 12.2. The SMILES string of the molecule is CCC(CC(=O)O)n1nnnc1COc1cccc(Cl)c1. The van der Waals surface area contributed by atoms with Crippen LogP contribution in [0.2, 0.25) is 5.02 Å². The van der Waals surface area contributed by atoms with E-state index in [4.69, 9.17) is 21.4 Å². The Morgan fingerprint density at radius 3 is 3.00 bits per heavy atom. The highest BCUT2D eigenvalue weighted by atomic mass is 35.5. The van der Waals surface area contributed by atoms with Gasteiger partial charge in [0.25, 0.3) is 0 Å². The molecule has 1 unspecified atom stereocenters. The number of halogens is 1. The molecule has 8 heteroatoms. The summed E-state index contributed by atoms with van der Waals surface area (Å²) in [7, 11) is 0. The molecule has 0 saturated carbocycles. The second kappa shape index (κ2) is 7.03. The molecular weight excluding hydrogens is 296 g/mol. The summed E-state index contributed by atoms with van der Waals surface area (Å²) in [5.41, 5.74) is 0. The van der Waals surface area contributed by atoms with Gasteiger partial charge < -0.3 is 9.84 Å². The van der Waals surface area contributed by atoms with E-state index < -0.39 is 5.97 Å². The van der Waals surface area contributed by atoms with Gasteiger partial charge in [-0.1, -0.05) is 24.6 Å². The molecule has 1 aromatic heterocycles. The van der Waals surface area contributed by atoms with Crippen LogP contribution in [0.1, 0.15) is 31.6 Å². The standard InChI is InChI=1S/C13H15ClN4O3/c1-2-10(7-13(19)20)18-12(15-16-17-18)8-21-11-5-3-4-9(14)6-11/h3-6,10H,2,7-8H2,1H3,(H,19,20). The van der Waals surface area contributed by atoms with Gasteiger partial charge in [-0.2, -0.15) is 0 Å². The van der Waals surface area contributed by atoms with Gasteiger partial charge in [-0.05, 0) is 35.0 Å². The second-order valence-corrected chi connectivity index (χ2v) is 4.88. The number of nitrogens with zero attached hydrogens (tertiary/aromatic N) is 4. The number of rotatable bonds is 7. The Bertz CT molecular complexity index is 617. The Kier molecular flexibility index (Phi) is 5.10. The number of carbonyl (C=O) groups is 1. The monoisotopic (exact) mass is 310 g/mol. The maximum absolute atomic E-state index is 10.9. The lowest BCUT2D eigenvalue weighted by Crippen LogP contribution is -2.18. The Labute approximate surface area is 126 Å². The summed E-state index contributed by atoms with van der Waals surface area (Å²) < 4.78 is 7.07. The van der Waals surface area contributed by atoms with E-state index in [1.807, 2.05) is 6.92 Å². The highest BCUT2D eigenvalue weighted by Gasteiger charge is 2.19. The van der Waals surface area contributed by atoms with E-state index >= 15 is 0 Å². The van der Waals surface area contributed by atoms with Crippen molar-refractivity contribution >= 4 is 17.6 Å². The van der Waals surface area contributed by atoms with Crippen LogP contribution in [0.3, 0.4) is 0 Å². The highest BCUT2D eigenvalue weighted by Crippen LogP contribution is 2.20. The summed E-state index contributed by atoms with van der Waals surface area (Å²) in [6.07, 6.45) is 0.577. The Hall–Kier alpha value is -2.15. The van der Waals surface area contributed by atoms with Crippen molar-refractivity contribution in [3.63, 3.8) is 0 Å². The molecule has 0 saturated heterocycles. The molecular formula is C13H15ClN4O3. The van der Waals surface area contributed by atoms with Crippen molar-refractivity contribution in [3.05, 3.63) is 35.1 Å². The number of aromatic nitrogens is 4. The third kappa shape index (κ3) is 4.16. The van der Waals surface area contributed by atoms with Gasteiger partial charge in [0.15, 0.2) is 5.82 Å². The molecule has 0 bridgehead atoms. The van der Waals surface area contributed by atoms with Gasteiger partial charge >= 0.3 is 5.97 Å². The van der Waals surface area contributed by atoms with Crippen molar-refractivity contribution in [2.45, 2.75) is 32.4 Å². The molecule has 0 aliphatic carbocycles. The average Bonchev–Trinajstić information content (AvgIpc) is 2.90. The Morgan fingerprint density at radius 1 is 1.52 bits per heavy atom. The van der Waals surface area contributed by atoms with E-state index in [1.165, 1.54) is 4.68 Å². The third-order valence-corrected chi connectivity index (χ3v) is 3.19. The predicted octanol–water partition coefficient (Wildman–Crippen LogP) is 2.33. The summed E-state index contributed by atoms with van der Waals surface area (Å²) in [6, 6.07) is 6.69. The van der Waals surface area contributed by atoms with E-state index in [-0.39, 0.29) is 19.1 Å². The summed E-state index contributed by atoms with van der Waals surface area (Å²) in [5.74, 6) is 0.186. The minimum absolute atomic E-state index is 0.0360. The van der Waals surface area contributed by atoms with Crippen molar-refractivity contribution < 1.29 is 14.6 Å². The molecule has 112 valence electrons. The molecule has 2 aromatic rings. The van der Waals surface area contributed by atoms with E-state index in [9.17, 15) is 4.79 Å². The predicted molar refractivity (Wildman–Crippen MR) is 75.2 cm³/mol. The lowest BCUT2D eigenvalue weighted by Gasteiger charge is -2.14. The number of hydrogen-bond donors (Lipinski definition) is 1. The topological polar surface area (TPSA) is 90.1 Å².